The molecule has 25 heavy (non-hydrogen) atoms. The normalized spacial score (nSPS) is 10.0. The first kappa shape index (κ1) is 18.3. The second-order valence-electron chi connectivity index (χ2n) is 5.41. The molecule has 0 atom stereocenters. The molecule has 0 aliphatic rings. The second kappa shape index (κ2) is 8.73. The number of hydrogen-bond acceptors (Lipinski definition) is 4. The summed E-state index contributed by atoms with van der Waals surface area (Å²) >= 11 is 0. The lowest BCUT2D eigenvalue weighted by Gasteiger charge is -2.12. The maximum absolute atomic E-state index is 12.1. The van der Waals surface area contributed by atoms with Crippen LogP contribution < -0.4 is 20.1 Å². The van der Waals surface area contributed by atoms with E-state index in [1.807, 2.05) is 26.0 Å². The third-order valence-corrected chi connectivity index (χ3v) is 3.41. The zero-order valence-corrected chi connectivity index (χ0v) is 14.6. The van der Waals surface area contributed by atoms with Crippen molar-refractivity contribution >= 4 is 23.2 Å². The third kappa shape index (κ3) is 5.24. The Hall–Kier alpha value is -3.02. The number of para-hydroxylation sites is 2. The molecule has 0 aliphatic carbocycles. The summed E-state index contributed by atoms with van der Waals surface area (Å²) in [5.41, 5.74) is 2.05. The molecule has 2 aromatic rings. The number of hydrogen-bond donors (Lipinski definition) is 2. The fourth-order valence-electron chi connectivity index (χ4n) is 2.31. The molecular weight excluding hydrogens is 320 g/mol. The lowest BCUT2D eigenvalue weighted by molar-refractivity contribution is -0.123. The quantitative estimate of drug-likeness (QED) is 0.757. The van der Waals surface area contributed by atoms with Gasteiger partial charge in [0.15, 0.2) is 0 Å². The molecule has 0 saturated carbocycles. The zero-order chi connectivity index (χ0) is 18.2. The van der Waals surface area contributed by atoms with E-state index in [4.69, 9.17) is 9.47 Å². The number of amides is 2. The van der Waals surface area contributed by atoms with Gasteiger partial charge in [-0.15, -0.1) is 0 Å². The first-order chi connectivity index (χ1) is 12.0. The molecule has 0 bridgehead atoms. The lowest BCUT2D eigenvalue weighted by atomic mass is 10.2. The van der Waals surface area contributed by atoms with Crippen LogP contribution in [0.2, 0.25) is 0 Å². The monoisotopic (exact) mass is 342 g/mol. The van der Waals surface area contributed by atoms with Gasteiger partial charge in [-0.25, -0.2) is 0 Å². The number of nitrogens with one attached hydrogen (secondary N) is 2. The van der Waals surface area contributed by atoms with E-state index < -0.39 is 11.8 Å². The summed E-state index contributed by atoms with van der Waals surface area (Å²) in [5, 5.41) is 5.40. The highest BCUT2D eigenvalue weighted by Crippen LogP contribution is 2.26. The summed E-state index contributed by atoms with van der Waals surface area (Å²) in [7, 11) is 1.53. The zero-order valence-electron chi connectivity index (χ0n) is 14.6. The fourth-order valence-corrected chi connectivity index (χ4v) is 2.31. The first-order valence-corrected chi connectivity index (χ1v) is 7.99. The van der Waals surface area contributed by atoms with Crippen LogP contribution >= 0.6 is 0 Å². The van der Waals surface area contributed by atoms with E-state index >= 15 is 0 Å². The van der Waals surface area contributed by atoms with Crippen molar-refractivity contribution in [3.05, 3.63) is 48.0 Å². The highest BCUT2D eigenvalue weighted by molar-refractivity contribution is 6.08. The Balaban J connectivity index is 1.99. The molecule has 0 fully saturated rings. The van der Waals surface area contributed by atoms with Gasteiger partial charge in [0.25, 0.3) is 0 Å². The summed E-state index contributed by atoms with van der Waals surface area (Å²) in [6, 6.07) is 12.5. The van der Waals surface area contributed by atoms with E-state index in [0.717, 1.165) is 5.56 Å². The summed E-state index contributed by atoms with van der Waals surface area (Å²) in [6.07, 6.45) is -0.308. The van der Waals surface area contributed by atoms with E-state index in [1.165, 1.54) is 7.11 Å². The van der Waals surface area contributed by atoms with Crippen molar-refractivity contribution in [1.29, 1.82) is 0 Å². The van der Waals surface area contributed by atoms with Crippen LogP contribution in [0.5, 0.6) is 11.5 Å². The minimum absolute atomic E-state index is 0.308. The number of anilines is 2. The van der Waals surface area contributed by atoms with Gasteiger partial charge in [0.2, 0.25) is 11.8 Å². The minimum atomic E-state index is -0.421. The largest absolute Gasteiger partial charge is 0.495 e. The average molecular weight is 342 g/mol. The molecule has 2 aromatic carbocycles. The van der Waals surface area contributed by atoms with Gasteiger partial charge in [-0.2, -0.15) is 0 Å². The van der Waals surface area contributed by atoms with Gasteiger partial charge in [-0.3, -0.25) is 9.59 Å². The number of aryl methyl sites for hydroxylation is 1. The fraction of sp³-hybridized carbons (Fsp3) is 0.263. The predicted molar refractivity (Wildman–Crippen MR) is 97.2 cm³/mol. The number of ether oxygens (including phenoxy) is 2. The number of rotatable bonds is 7. The SMILES string of the molecule is CCOc1ccccc1NC(=O)CC(=O)Nc1cc(C)ccc1OC. The summed E-state index contributed by atoms with van der Waals surface area (Å²) in [4.78, 5) is 24.3. The van der Waals surface area contributed by atoms with E-state index in [9.17, 15) is 9.59 Å². The smallest absolute Gasteiger partial charge is 0.233 e. The van der Waals surface area contributed by atoms with E-state index in [0.29, 0.717) is 29.5 Å². The van der Waals surface area contributed by atoms with Crippen LogP contribution in [0.4, 0.5) is 11.4 Å². The van der Waals surface area contributed by atoms with Crippen molar-refractivity contribution in [2.24, 2.45) is 0 Å². The van der Waals surface area contributed by atoms with Crippen LogP contribution in [-0.2, 0) is 9.59 Å². The molecule has 2 rings (SSSR count). The minimum Gasteiger partial charge on any atom is -0.495 e. The molecule has 0 aromatic heterocycles. The third-order valence-electron chi connectivity index (χ3n) is 3.41. The van der Waals surface area contributed by atoms with Crippen LogP contribution in [0.15, 0.2) is 42.5 Å². The summed E-state index contributed by atoms with van der Waals surface area (Å²) in [6.45, 7) is 4.26. The highest BCUT2D eigenvalue weighted by atomic mass is 16.5. The number of benzene rings is 2. The molecule has 0 aliphatic heterocycles. The van der Waals surface area contributed by atoms with E-state index in [1.54, 1.807) is 30.3 Å². The van der Waals surface area contributed by atoms with Gasteiger partial charge in [-0.05, 0) is 43.7 Å². The van der Waals surface area contributed by atoms with Crippen LogP contribution in [0.1, 0.15) is 18.9 Å². The highest BCUT2D eigenvalue weighted by Gasteiger charge is 2.14. The molecule has 6 nitrogen and oxygen atoms in total. The Morgan fingerprint density at radius 3 is 2.32 bits per heavy atom. The van der Waals surface area contributed by atoms with Crippen LogP contribution in [0.25, 0.3) is 0 Å². The van der Waals surface area contributed by atoms with Crippen molar-refractivity contribution in [3.8, 4) is 11.5 Å². The molecule has 2 amide bonds. The number of carbonyl (C=O) groups excluding carboxylic acids is 2. The summed E-state index contributed by atoms with van der Waals surface area (Å²) < 4.78 is 10.7. The van der Waals surface area contributed by atoms with Crippen molar-refractivity contribution < 1.29 is 19.1 Å². The van der Waals surface area contributed by atoms with Crippen LogP contribution in [0.3, 0.4) is 0 Å². The van der Waals surface area contributed by atoms with E-state index in [2.05, 4.69) is 10.6 Å². The Kier molecular flexibility index (Phi) is 6.39. The standard InChI is InChI=1S/C19H22N2O4/c1-4-25-17-8-6-5-7-14(17)20-18(22)12-19(23)21-15-11-13(2)9-10-16(15)24-3/h5-11H,4,12H2,1-3H3,(H,20,22)(H,21,23). The molecule has 0 radical (unpaired) electrons. The molecule has 0 spiro atoms. The molecule has 2 N–H and O–H groups in total. The van der Waals surface area contributed by atoms with Crippen molar-refractivity contribution in [2.45, 2.75) is 20.3 Å². The Morgan fingerprint density at radius 2 is 1.64 bits per heavy atom. The van der Waals surface area contributed by atoms with Crippen molar-refractivity contribution in [1.82, 2.24) is 0 Å². The molecule has 132 valence electrons. The van der Waals surface area contributed by atoms with Crippen LogP contribution in [0, 0.1) is 6.92 Å². The van der Waals surface area contributed by atoms with Gasteiger partial charge in [-0.1, -0.05) is 18.2 Å². The molecule has 0 unspecified atom stereocenters. The average Bonchev–Trinajstić information content (AvgIpc) is 2.57. The summed E-state index contributed by atoms with van der Waals surface area (Å²) in [5.74, 6) is 0.270. The van der Waals surface area contributed by atoms with Gasteiger partial charge in [0.05, 0.1) is 25.1 Å². The van der Waals surface area contributed by atoms with Gasteiger partial charge >= 0.3 is 0 Å². The van der Waals surface area contributed by atoms with Gasteiger partial charge in [0.1, 0.15) is 17.9 Å². The first-order valence-electron chi connectivity index (χ1n) is 7.99. The Labute approximate surface area is 147 Å². The predicted octanol–water partition coefficient (Wildman–Crippen LogP) is 3.37. The molecular formula is C19H22N2O4. The number of carbonyl (C=O) groups is 2. The Bertz CT molecular complexity index is 759. The molecule has 6 heteroatoms. The second-order valence-corrected chi connectivity index (χ2v) is 5.41. The topological polar surface area (TPSA) is 76.7 Å². The Morgan fingerprint density at radius 1 is 0.960 bits per heavy atom. The van der Waals surface area contributed by atoms with Crippen LogP contribution in [-0.4, -0.2) is 25.5 Å². The maximum Gasteiger partial charge on any atom is 0.233 e. The van der Waals surface area contributed by atoms with Gasteiger partial charge in [0, 0.05) is 0 Å². The maximum atomic E-state index is 12.1. The number of methoxy groups -OCH3 is 1. The molecule has 0 saturated heterocycles. The van der Waals surface area contributed by atoms with E-state index in [-0.39, 0.29) is 6.42 Å². The van der Waals surface area contributed by atoms with Gasteiger partial charge < -0.3 is 20.1 Å². The van der Waals surface area contributed by atoms with Crippen molar-refractivity contribution in [3.63, 3.8) is 0 Å². The molecule has 0 heterocycles. The van der Waals surface area contributed by atoms with Crippen molar-refractivity contribution in [2.75, 3.05) is 24.4 Å². The lowest BCUT2D eigenvalue weighted by Crippen LogP contribution is -2.22.